The van der Waals surface area contributed by atoms with Gasteiger partial charge < -0.3 is 10.2 Å². The van der Waals surface area contributed by atoms with Crippen LogP contribution in [-0.4, -0.2) is 23.5 Å². The molecule has 1 heterocycles. The van der Waals surface area contributed by atoms with Gasteiger partial charge in [-0.05, 0) is 41.8 Å². The van der Waals surface area contributed by atoms with Crippen molar-refractivity contribution in [3.8, 4) is 0 Å². The van der Waals surface area contributed by atoms with Crippen molar-refractivity contribution in [2.75, 3.05) is 6.54 Å². The molecule has 3 aromatic rings. The molecular weight excluding hydrogens is 352 g/mol. The van der Waals surface area contributed by atoms with Crippen LogP contribution < -0.4 is 5.32 Å². The monoisotopic (exact) mass is 376 g/mol. The fourth-order valence-electron chi connectivity index (χ4n) is 3.38. The minimum Gasteiger partial charge on any atom is -0.327 e. The Balaban J connectivity index is 1.51. The van der Waals surface area contributed by atoms with Crippen molar-refractivity contribution in [3.63, 3.8) is 0 Å². The Bertz CT molecular complexity index is 805. The van der Waals surface area contributed by atoms with Crippen LogP contribution in [0.5, 0.6) is 0 Å². The second-order valence-corrected chi connectivity index (χ2v) is 7.99. The van der Waals surface area contributed by atoms with E-state index in [1.54, 1.807) is 11.3 Å². The highest BCUT2D eigenvalue weighted by Crippen LogP contribution is 2.29. The van der Waals surface area contributed by atoms with Crippen LogP contribution in [0.3, 0.4) is 0 Å². The lowest BCUT2D eigenvalue weighted by Crippen LogP contribution is -2.44. The molecule has 0 aliphatic heterocycles. The molecule has 0 radical (unpaired) electrons. The smallest absolute Gasteiger partial charge is 0.318 e. The van der Waals surface area contributed by atoms with Gasteiger partial charge in [0.25, 0.3) is 0 Å². The molecule has 4 heteroatoms. The van der Waals surface area contributed by atoms with Crippen LogP contribution in [0.2, 0.25) is 0 Å². The van der Waals surface area contributed by atoms with Crippen molar-refractivity contribution in [3.05, 3.63) is 94.2 Å². The van der Waals surface area contributed by atoms with Crippen molar-refractivity contribution >= 4 is 17.4 Å². The van der Waals surface area contributed by atoms with E-state index in [4.69, 9.17) is 0 Å². The standard InChI is InChI=1S/C23H24N2OS/c26-23(25(20-13-14-20)16-15-21-12-7-17-27-21)24-22(18-8-3-1-4-9-18)19-10-5-2-6-11-19/h1-12,17,20,22H,13-16H2,(H,24,26). The van der Waals surface area contributed by atoms with Gasteiger partial charge in [-0.1, -0.05) is 66.7 Å². The molecule has 1 fully saturated rings. The molecule has 0 bridgehead atoms. The van der Waals surface area contributed by atoms with E-state index in [9.17, 15) is 4.79 Å². The van der Waals surface area contributed by atoms with Gasteiger partial charge in [0.1, 0.15) is 0 Å². The first-order valence-electron chi connectivity index (χ1n) is 9.50. The highest BCUT2D eigenvalue weighted by atomic mass is 32.1. The maximum absolute atomic E-state index is 13.2. The summed E-state index contributed by atoms with van der Waals surface area (Å²) in [6.07, 6.45) is 3.14. The molecule has 1 N–H and O–H groups in total. The number of nitrogens with one attached hydrogen (secondary N) is 1. The van der Waals surface area contributed by atoms with Crippen molar-refractivity contribution < 1.29 is 4.79 Å². The Kier molecular flexibility index (Phi) is 5.54. The van der Waals surface area contributed by atoms with E-state index in [2.05, 4.69) is 47.1 Å². The minimum atomic E-state index is -0.136. The summed E-state index contributed by atoms with van der Waals surface area (Å²) in [5.74, 6) is 0. The van der Waals surface area contributed by atoms with Gasteiger partial charge >= 0.3 is 6.03 Å². The molecule has 1 aliphatic carbocycles. The SMILES string of the molecule is O=C(NC(c1ccccc1)c1ccccc1)N(CCc1cccs1)C1CC1. The van der Waals surface area contributed by atoms with Gasteiger partial charge in [-0.25, -0.2) is 4.79 Å². The molecule has 0 atom stereocenters. The molecule has 2 amide bonds. The summed E-state index contributed by atoms with van der Waals surface area (Å²) in [5.41, 5.74) is 2.21. The number of hydrogen-bond donors (Lipinski definition) is 1. The molecule has 0 spiro atoms. The molecule has 2 aromatic carbocycles. The Morgan fingerprint density at radius 1 is 0.963 bits per heavy atom. The largest absolute Gasteiger partial charge is 0.327 e. The van der Waals surface area contributed by atoms with Gasteiger partial charge in [0.05, 0.1) is 6.04 Å². The molecule has 3 nitrogen and oxygen atoms in total. The first kappa shape index (κ1) is 17.8. The average Bonchev–Trinajstić information content (AvgIpc) is 3.42. The van der Waals surface area contributed by atoms with E-state index in [1.165, 1.54) is 4.88 Å². The predicted molar refractivity (Wildman–Crippen MR) is 111 cm³/mol. The molecule has 4 rings (SSSR count). The number of thiophene rings is 1. The summed E-state index contributed by atoms with van der Waals surface area (Å²) >= 11 is 1.76. The van der Waals surface area contributed by atoms with Crippen LogP contribution in [0, 0.1) is 0 Å². The molecule has 1 saturated carbocycles. The normalized spacial score (nSPS) is 13.5. The lowest BCUT2D eigenvalue weighted by atomic mass is 9.99. The molecule has 1 aliphatic rings. The van der Waals surface area contributed by atoms with Crippen LogP contribution >= 0.6 is 11.3 Å². The van der Waals surface area contributed by atoms with Crippen molar-refractivity contribution in [1.82, 2.24) is 10.2 Å². The number of nitrogens with zero attached hydrogens (tertiary/aromatic N) is 1. The Hall–Kier alpha value is -2.59. The van der Waals surface area contributed by atoms with E-state index in [-0.39, 0.29) is 12.1 Å². The van der Waals surface area contributed by atoms with Crippen molar-refractivity contribution in [2.24, 2.45) is 0 Å². The third-order valence-corrected chi connectivity index (χ3v) is 5.90. The third kappa shape index (κ3) is 4.58. The average molecular weight is 377 g/mol. The van der Waals surface area contributed by atoms with E-state index in [1.807, 2.05) is 41.3 Å². The summed E-state index contributed by atoms with van der Waals surface area (Å²) in [6, 6.07) is 24.9. The van der Waals surface area contributed by atoms with E-state index in [0.717, 1.165) is 36.9 Å². The lowest BCUT2D eigenvalue weighted by molar-refractivity contribution is 0.193. The zero-order valence-corrected chi connectivity index (χ0v) is 16.1. The maximum atomic E-state index is 13.2. The predicted octanol–water partition coefficient (Wildman–Crippen LogP) is 5.25. The topological polar surface area (TPSA) is 32.3 Å². The highest BCUT2D eigenvalue weighted by molar-refractivity contribution is 7.09. The van der Waals surface area contributed by atoms with Crippen LogP contribution in [0.1, 0.15) is 34.9 Å². The molecule has 0 unspecified atom stereocenters. The summed E-state index contributed by atoms with van der Waals surface area (Å²) < 4.78 is 0. The van der Waals surface area contributed by atoms with Gasteiger partial charge in [-0.3, -0.25) is 0 Å². The minimum absolute atomic E-state index is 0.0340. The summed E-state index contributed by atoms with van der Waals surface area (Å²) in [6.45, 7) is 0.771. The Morgan fingerprint density at radius 3 is 2.11 bits per heavy atom. The fourth-order valence-corrected chi connectivity index (χ4v) is 4.08. The van der Waals surface area contributed by atoms with Crippen LogP contribution in [-0.2, 0) is 6.42 Å². The van der Waals surface area contributed by atoms with Crippen molar-refractivity contribution in [1.29, 1.82) is 0 Å². The molecule has 138 valence electrons. The van der Waals surface area contributed by atoms with Gasteiger partial charge in [0.15, 0.2) is 0 Å². The molecule has 27 heavy (non-hydrogen) atoms. The zero-order chi connectivity index (χ0) is 18.5. The fraction of sp³-hybridized carbons (Fsp3) is 0.261. The maximum Gasteiger partial charge on any atom is 0.318 e. The number of rotatable bonds is 7. The number of benzene rings is 2. The zero-order valence-electron chi connectivity index (χ0n) is 15.3. The summed E-state index contributed by atoms with van der Waals surface area (Å²) in [7, 11) is 0. The van der Waals surface area contributed by atoms with Crippen LogP contribution in [0.25, 0.3) is 0 Å². The molecule has 0 saturated heterocycles. The number of hydrogen-bond acceptors (Lipinski definition) is 2. The van der Waals surface area contributed by atoms with E-state index < -0.39 is 0 Å². The first-order chi connectivity index (χ1) is 13.3. The second kappa shape index (κ2) is 8.40. The third-order valence-electron chi connectivity index (χ3n) is 4.96. The lowest BCUT2D eigenvalue weighted by Gasteiger charge is -2.27. The van der Waals surface area contributed by atoms with Gasteiger partial charge in [-0.15, -0.1) is 11.3 Å². The van der Waals surface area contributed by atoms with E-state index >= 15 is 0 Å². The molecular formula is C23H24N2OS. The number of carbonyl (C=O) groups excluding carboxylic acids is 1. The van der Waals surface area contributed by atoms with E-state index in [0.29, 0.717) is 6.04 Å². The van der Waals surface area contributed by atoms with Gasteiger partial charge in [0.2, 0.25) is 0 Å². The van der Waals surface area contributed by atoms with Gasteiger partial charge in [0, 0.05) is 17.5 Å². The van der Waals surface area contributed by atoms with Crippen molar-refractivity contribution in [2.45, 2.75) is 31.3 Å². The highest BCUT2D eigenvalue weighted by Gasteiger charge is 2.33. The van der Waals surface area contributed by atoms with Gasteiger partial charge in [-0.2, -0.15) is 0 Å². The first-order valence-corrected chi connectivity index (χ1v) is 10.4. The Labute approximate surface area is 164 Å². The van der Waals surface area contributed by atoms with Crippen LogP contribution in [0.4, 0.5) is 4.79 Å². The quantitative estimate of drug-likeness (QED) is 0.600. The number of urea groups is 1. The summed E-state index contributed by atoms with van der Waals surface area (Å²) in [5, 5.41) is 5.39. The number of carbonyl (C=O) groups is 1. The second-order valence-electron chi connectivity index (χ2n) is 6.96. The number of amides is 2. The van der Waals surface area contributed by atoms with Crippen LogP contribution in [0.15, 0.2) is 78.2 Å². The molecule has 1 aromatic heterocycles. The Morgan fingerprint density at radius 2 is 1.59 bits per heavy atom. The summed E-state index contributed by atoms with van der Waals surface area (Å²) in [4.78, 5) is 16.5.